The predicted molar refractivity (Wildman–Crippen MR) is 81.3 cm³/mol. The maximum Gasteiger partial charge on any atom is 0.238 e. The van der Waals surface area contributed by atoms with E-state index in [-0.39, 0.29) is 5.91 Å². The van der Waals surface area contributed by atoms with Gasteiger partial charge in [0.15, 0.2) is 5.75 Å². The molecule has 0 saturated carbocycles. The van der Waals surface area contributed by atoms with Crippen LogP contribution in [0.2, 0.25) is 0 Å². The van der Waals surface area contributed by atoms with E-state index in [0.29, 0.717) is 43.5 Å². The van der Waals surface area contributed by atoms with Gasteiger partial charge in [-0.1, -0.05) is 0 Å². The first-order chi connectivity index (χ1) is 10.2. The van der Waals surface area contributed by atoms with Crippen molar-refractivity contribution in [1.29, 1.82) is 0 Å². The van der Waals surface area contributed by atoms with E-state index in [2.05, 4.69) is 10.2 Å². The molecule has 0 radical (unpaired) electrons. The second-order valence-electron chi connectivity index (χ2n) is 5.10. The van der Waals surface area contributed by atoms with Crippen molar-refractivity contribution in [2.75, 3.05) is 50.5 Å². The molecule has 21 heavy (non-hydrogen) atoms. The van der Waals surface area contributed by atoms with Crippen molar-refractivity contribution in [3.63, 3.8) is 0 Å². The third-order valence-electron chi connectivity index (χ3n) is 3.58. The Hall–Kier alpha value is -2.05. The maximum atomic E-state index is 12.2. The van der Waals surface area contributed by atoms with E-state index in [9.17, 15) is 4.79 Å². The number of carbonyl (C=O) groups excluding carboxylic acids is 1. The number of nitrogen functional groups attached to an aromatic ring is 1. The number of anilines is 2. The van der Waals surface area contributed by atoms with Crippen LogP contribution in [0.25, 0.3) is 6.08 Å². The smallest absolute Gasteiger partial charge is 0.238 e. The van der Waals surface area contributed by atoms with E-state index < -0.39 is 0 Å². The fourth-order valence-electron chi connectivity index (χ4n) is 2.49. The zero-order valence-corrected chi connectivity index (χ0v) is 11.8. The largest absolute Gasteiger partial charge is 0.487 e. The van der Waals surface area contributed by atoms with Crippen LogP contribution in [-0.2, 0) is 9.53 Å². The minimum Gasteiger partial charge on any atom is -0.487 e. The number of benzene rings is 1. The van der Waals surface area contributed by atoms with Crippen molar-refractivity contribution in [2.24, 2.45) is 0 Å². The first-order valence-electron chi connectivity index (χ1n) is 7.06. The van der Waals surface area contributed by atoms with Gasteiger partial charge in [0.25, 0.3) is 0 Å². The van der Waals surface area contributed by atoms with E-state index in [4.69, 9.17) is 15.2 Å². The van der Waals surface area contributed by atoms with Gasteiger partial charge in [0, 0.05) is 24.3 Å². The summed E-state index contributed by atoms with van der Waals surface area (Å²) in [7, 11) is 0. The van der Waals surface area contributed by atoms with Gasteiger partial charge in [0.1, 0.15) is 6.61 Å². The molecule has 3 rings (SSSR count). The van der Waals surface area contributed by atoms with Gasteiger partial charge in [-0.05, 0) is 24.3 Å². The Morgan fingerprint density at radius 2 is 2.14 bits per heavy atom. The number of morpholine rings is 1. The van der Waals surface area contributed by atoms with Crippen LogP contribution >= 0.6 is 0 Å². The molecule has 6 nitrogen and oxygen atoms in total. The number of hydrogen-bond donors (Lipinski definition) is 2. The van der Waals surface area contributed by atoms with Crippen LogP contribution < -0.4 is 15.8 Å². The summed E-state index contributed by atoms with van der Waals surface area (Å²) in [6.07, 6.45) is 3.82. The minimum atomic E-state index is -0.0537. The molecule has 0 aromatic heterocycles. The Bertz CT molecular complexity index is 566. The standard InChI is InChI=1S/C15H19N3O3/c16-12-3-4-13(15-11(12)2-1-7-21-15)17-14(19)10-18-5-8-20-9-6-18/h1-4H,5-10,16H2,(H,17,19). The first-order valence-corrected chi connectivity index (χ1v) is 7.06. The van der Waals surface area contributed by atoms with Crippen molar-refractivity contribution in [1.82, 2.24) is 4.90 Å². The number of nitrogens with zero attached hydrogens (tertiary/aromatic N) is 1. The molecule has 0 bridgehead atoms. The summed E-state index contributed by atoms with van der Waals surface area (Å²) in [6, 6.07) is 3.56. The normalized spacial score (nSPS) is 17.9. The summed E-state index contributed by atoms with van der Waals surface area (Å²) in [6.45, 7) is 3.77. The van der Waals surface area contributed by atoms with Crippen LogP contribution in [0.15, 0.2) is 18.2 Å². The second-order valence-corrected chi connectivity index (χ2v) is 5.10. The van der Waals surface area contributed by atoms with E-state index in [1.807, 2.05) is 12.2 Å². The highest BCUT2D eigenvalue weighted by Gasteiger charge is 2.18. The van der Waals surface area contributed by atoms with Gasteiger partial charge in [-0.15, -0.1) is 0 Å². The highest BCUT2D eigenvalue weighted by molar-refractivity contribution is 5.95. The molecule has 1 aromatic rings. The fraction of sp³-hybridized carbons (Fsp3) is 0.400. The number of nitrogens with one attached hydrogen (secondary N) is 1. The van der Waals surface area contributed by atoms with Crippen molar-refractivity contribution in [2.45, 2.75) is 0 Å². The molecule has 0 aliphatic carbocycles. The average Bonchev–Trinajstić information content (AvgIpc) is 2.51. The molecule has 2 heterocycles. The summed E-state index contributed by atoms with van der Waals surface area (Å²) < 4.78 is 10.9. The second kappa shape index (κ2) is 6.15. The molecule has 0 spiro atoms. The van der Waals surface area contributed by atoms with Crippen molar-refractivity contribution in [3.8, 4) is 5.75 Å². The Morgan fingerprint density at radius 3 is 2.95 bits per heavy atom. The molecule has 1 amide bonds. The zero-order valence-electron chi connectivity index (χ0n) is 11.8. The van der Waals surface area contributed by atoms with Crippen LogP contribution in [0.4, 0.5) is 11.4 Å². The molecular weight excluding hydrogens is 270 g/mol. The van der Waals surface area contributed by atoms with Gasteiger partial charge >= 0.3 is 0 Å². The number of amides is 1. The van der Waals surface area contributed by atoms with E-state index in [0.717, 1.165) is 18.7 Å². The fourth-order valence-corrected chi connectivity index (χ4v) is 2.49. The summed E-state index contributed by atoms with van der Waals surface area (Å²) >= 11 is 0. The molecule has 0 atom stereocenters. The lowest BCUT2D eigenvalue weighted by molar-refractivity contribution is -0.118. The van der Waals surface area contributed by atoms with E-state index in [1.54, 1.807) is 12.1 Å². The molecule has 112 valence electrons. The van der Waals surface area contributed by atoms with Crippen LogP contribution in [-0.4, -0.2) is 50.3 Å². The molecule has 0 unspecified atom stereocenters. The summed E-state index contributed by atoms with van der Waals surface area (Å²) in [5.41, 5.74) is 8.06. The third kappa shape index (κ3) is 3.17. The number of hydrogen-bond acceptors (Lipinski definition) is 5. The van der Waals surface area contributed by atoms with Gasteiger partial charge in [-0.25, -0.2) is 0 Å². The van der Waals surface area contributed by atoms with Gasteiger partial charge < -0.3 is 20.5 Å². The Kier molecular flexibility index (Phi) is 4.08. The summed E-state index contributed by atoms with van der Waals surface area (Å²) in [5.74, 6) is 0.592. The summed E-state index contributed by atoms with van der Waals surface area (Å²) in [5, 5.41) is 2.91. The van der Waals surface area contributed by atoms with Crippen LogP contribution in [0, 0.1) is 0 Å². The van der Waals surface area contributed by atoms with Crippen LogP contribution in [0.3, 0.4) is 0 Å². The Labute approximate surface area is 123 Å². The lowest BCUT2D eigenvalue weighted by Crippen LogP contribution is -2.41. The monoisotopic (exact) mass is 289 g/mol. The minimum absolute atomic E-state index is 0.0537. The average molecular weight is 289 g/mol. The lowest BCUT2D eigenvalue weighted by atomic mass is 10.1. The molecular formula is C15H19N3O3. The number of rotatable bonds is 3. The SMILES string of the molecule is Nc1ccc(NC(=O)CN2CCOCC2)c2c1C=CCO2. The Balaban J connectivity index is 1.70. The molecule has 2 aliphatic rings. The van der Waals surface area contributed by atoms with E-state index >= 15 is 0 Å². The highest BCUT2D eigenvalue weighted by Crippen LogP contribution is 2.36. The van der Waals surface area contributed by atoms with Crippen molar-refractivity contribution in [3.05, 3.63) is 23.8 Å². The predicted octanol–water partition coefficient (Wildman–Crippen LogP) is 0.945. The molecule has 1 aromatic carbocycles. The van der Waals surface area contributed by atoms with Crippen molar-refractivity contribution < 1.29 is 14.3 Å². The summed E-state index contributed by atoms with van der Waals surface area (Å²) in [4.78, 5) is 14.2. The topological polar surface area (TPSA) is 76.8 Å². The molecule has 1 saturated heterocycles. The maximum absolute atomic E-state index is 12.2. The highest BCUT2D eigenvalue weighted by atomic mass is 16.5. The lowest BCUT2D eigenvalue weighted by Gasteiger charge is -2.26. The van der Waals surface area contributed by atoms with Gasteiger partial charge in [0.2, 0.25) is 5.91 Å². The van der Waals surface area contributed by atoms with Crippen LogP contribution in [0.1, 0.15) is 5.56 Å². The zero-order chi connectivity index (χ0) is 14.7. The van der Waals surface area contributed by atoms with Gasteiger partial charge in [-0.2, -0.15) is 0 Å². The molecule has 2 aliphatic heterocycles. The number of carbonyl (C=O) groups is 1. The number of fused-ring (bicyclic) bond motifs is 1. The Morgan fingerprint density at radius 1 is 1.33 bits per heavy atom. The van der Waals surface area contributed by atoms with E-state index in [1.165, 1.54) is 0 Å². The van der Waals surface area contributed by atoms with Gasteiger partial charge in [0.05, 0.1) is 25.4 Å². The first kappa shape index (κ1) is 13.9. The van der Waals surface area contributed by atoms with Crippen LogP contribution in [0.5, 0.6) is 5.75 Å². The molecule has 6 heteroatoms. The number of ether oxygens (including phenoxy) is 2. The van der Waals surface area contributed by atoms with Gasteiger partial charge in [-0.3, -0.25) is 9.69 Å². The molecule has 3 N–H and O–H groups in total. The quantitative estimate of drug-likeness (QED) is 0.810. The number of nitrogens with two attached hydrogens (primary N) is 1. The molecule has 1 fully saturated rings. The third-order valence-corrected chi connectivity index (χ3v) is 3.58. The van der Waals surface area contributed by atoms with Crippen molar-refractivity contribution >= 4 is 23.4 Å².